The minimum absolute atomic E-state index is 0.0245. The van der Waals surface area contributed by atoms with Crippen molar-refractivity contribution in [1.82, 2.24) is 14.7 Å². The molecular weight excluding hydrogens is 254 g/mol. The molecule has 0 aromatic rings. The first kappa shape index (κ1) is 14.3. The van der Waals surface area contributed by atoms with E-state index in [1.165, 1.54) is 12.8 Å². The summed E-state index contributed by atoms with van der Waals surface area (Å²) < 4.78 is 5.73. The van der Waals surface area contributed by atoms with Gasteiger partial charge in [-0.2, -0.15) is 0 Å². The average molecular weight is 281 g/mol. The van der Waals surface area contributed by atoms with Crippen molar-refractivity contribution < 1.29 is 9.53 Å². The van der Waals surface area contributed by atoms with Gasteiger partial charge < -0.3 is 14.5 Å². The second-order valence-corrected chi connectivity index (χ2v) is 6.71. The molecule has 114 valence electrons. The van der Waals surface area contributed by atoms with Crippen molar-refractivity contribution in [3.8, 4) is 0 Å². The van der Waals surface area contributed by atoms with Crippen LogP contribution < -0.4 is 0 Å². The number of hydrogen-bond acceptors (Lipinski definition) is 5. The summed E-state index contributed by atoms with van der Waals surface area (Å²) in [6.07, 6.45) is 4.76. The van der Waals surface area contributed by atoms with Gasteiger partial charge in [0, 0.05) is 38.3 Å². The molecule has 5 heteroatoms. The SMILES string of the molecule is CN1CCN(CC(=O)OC2CC3CCC(C2)N3C)CC1. The van der Waals surface area contributed by atoms with Crippen LogP contribution in [0, 0.1) is 0 Å². The number of piperidine rings is 1. The Morgan fingerprint density at radius 1 is 1.05 bits per heavy atom. The lowest BCUT2D eigenvalue weighted by Crippen LogP contribution is -2.48. The predicted octanol–water partition coefficient (Wildman–Crippen LogP) is 0.402. The van der Waals surface area contributed by atoms with Crippen molar-refractivity contribution in [2.24, 2.45) is 0 Å². The van der Waals surface area contributed by atoms with Crippen LogP contribution in [0.15, 0.2) is 0 Å². The van der Waals surface area contributed by atoms with Gasteiger partial charge in [0.15, 0.2) is 0 Å². The van der Waals surface area contributed by atoms with Gasteiger partial charge in [-0.1, -0.05) is 0 Å². The zero-order chi connectivity index (χ0) is 14.1. The fraction of sp³-hybridized carbons (Fsp3) is 0.933. The highest BCUT2D eigenvalue weighted by Crippen LogP contribution is 2.35. The Labute approximate surface area is 121 Å². The molecule has 20 heavy (non-hydrogen) atoms. The number of carbonyl (C=O) groups is 1. The molecular formula is C15H27N3O2. The maximum absolute atomic E-state index is 12.1. The van der Waals surface area contributed by atoms with Gasteiger partial charge in [-0.05, 0) is 39.8 Å². The first-order chi connectivity index (χ1) is 9.61. The number of nitrogens with zero attached hydrogens (tertiary/aromatic N) is 3. The van der Waals surface area contributed by atoms with Gasteiger partial charge in [0.25, 0.3) is 0 Å². The molecule has 3 aliphatic heterocycles. The number of rotatable bonds is 3. The Morgan fingerprint density at radius 3 is 2.25 bits per heavy atom. The van der Waals surface area contributed by atoms with Gasteiger partial charge >= 0.3 is 5.97 Å². The number of likely N-dealkylation sites (N-methyl/N-ethyl adjacent to an activating group) is 1. The Hall–Kier alpha value is -0.650. The van der Waals surface area contributed by atoms with Crippen molar-refractivity contribution >= 4 is 5.97 Å². The van der Waals surface area contributed by atoms with Crippen molar-refractivity contribution in [2.75, 3.05) is 46.8 Å². The number of fused-ring (bicyclic) bond motifs is 2. The standard InChI is InChI=1S/C15H27N3O2/c1-16-5-7-18(8-6-16)11-15(19)20-14-9-12-3-4-13(10-14)17(12)2/h12-14H,3-11H2,1-2H3. The minimum atomic E-state index is -0.0245. The van der Waals surface area contributed by atoms with Crippen LogP contribution in [0.5, 0.6) is 0 Å². The van der Waals surface area contributed by atoms with Crippen LogP contribution in [-0.4, -0.2) is 85.7 Å². The fourth-order valence-electron chi connectivity index (χ4n) is 3.87. The summed E-state index contributed by atoms with van der Waals surface area (Å²) in [5.41, 5.74) is 0. The van der Waals surface area contributed by atoms with Crippen molar-refractivity contribution in [3.63, 3.8) is 0 Å². The maximum atomic E-state index is 12.1. The van der Waals surface area contributed by atoms with Crippen LogP contribution in [0.3, 0.4) is 0 Å². The van der Waals surface area contributed by atoms with Crippen molar-refractivity contribution in [3.05, 3.63) is 0 Å². The monoisotopic (exact) mass is 281 g/mol. The Kier molecular flexibility index (Phi) is 4.29. The number of hydrogen-bond donors (Lipinski definition) is 0. The molecule has 5 nitrogen and oxygen atoms in total. The fourth-order valence-corrected chi connectivity index (χ4v) is 3.87. The van der Waals surface area contributed by atoms with Crippen LogP contribution in [0.1, 0.15) is 25.7 Å². The van der Waals surface area contributed by atoms with E-state index in [1.54, 1.807) is 0 Å². The molecule has 3 heterocycles. The van der Waals surface area contributed by atoms with E-state index in [1.807, 2.05) is 0 Å². The summed E-state index contributed by atoms with van der Waals surface area (Å²) >= 11 is 0. The Balaban J connectivity index is 1.43. The number of carbonyl (C=O) groups excluding carboxylic acids is 1. The molecule has 0 amide bonds. The summed E-state index contributed by atoms with van der Waals surface area (Å²) in [6.45, 7) is 4.52. The molecule has 0 saturated carbocycles. The summed E-state index contributed by atoms with van der Waals surface area (Å²) in [7, 11) is 4.34. The molecule has 0 aromatic heterocycles. The second kappa shape index (κ2) is 6.00. The van der Waals surface area contributed by atoms with E-state index in [0.717, 1.165) is 39.0 Å². The summed E-state index contributed by atoms with van der Waals surface area (Å²) in [4.78, 5) is 19.1. The van der Waals surface area contributed by atoms with Crippen LogP contribution in [0.4, 0.5) is 0 Å². The normalized spacial score (nSPS) is 36.2. The molecule has 2 atom stereocenters. The third kappa shape index (κ3) is 3.15. The van der Waals surface area contributed by atoms with E-state index >= 15 is 0 Å². The highest BCUT2D eigenvalue weighted by molar-refractivity contribution is 5.71. The molecule has 0 aliphatic carbocycles. The second-order valence-electron chi connectivity index (χ2n) is 6.71. The van der Waals surface area contributed by atoms with E-state index in [9.17, 15) is 4.79 Å². The van der Waals surface area contributed by atoms with Gasteiger partial charge in [0.05, 0.1) is 6.54 Å². The topological polar surface area (TPSA) is 36.0 Å². The summed E-state index contributed by atoms with van der Waals surface area (Å²) in [6, 6.07) is 1.27. The van der Waals surface area contributed by atoms with Gasteiger partial charge in [-0.15, -0.1) is 0 Å². The van der Waals surface area contributed by atoms with Gasteiger partial charge in [0.1, 0.15) is 6.10 Å². The highest BCUT2D eigenvalue weighted by atomic mass is 16.5. The molecule has 0 radical (unpaired) electrons. The number of ether oxygens (including phenoxy) is 1. The largest absolute Gasteiger partial charge is 0.461 e. The van der Waals surface area contributed by atoms with E-state index in [-0.39, 0.29) is 12.1 Å². The predicted molar refractivity (Wildman–Crippen MR) is 77.6 cm³/mol. The first-order valence-corrected chi connectivity index (χ1v) is 7.94. The van der Waals surface area contributed by atoms with Crippen molar-refractivity contribution in [2.45, 2.75) is 43.9 Å². The molecule has 2 unspecified atom stereocenters. The third-order valence-electron chi connectivity index (χ3n) is 5.30. The summed E-state index contributed by atoms with van der Waals surface area (Å²) in [5, 5.41) is 0. The molecule has 0 N–H and O–H groups in total. The van der Waals surface area contributed by atoms with Gasteiger partial charge in [-0.3, -0.25) is 9.69 Å². The van der Waals surface area contributed by atoms with Gasteiger partial charge in [0.2, 0.25) is 0 Å². The van der Waals surface area contributed by atoms with Crippen LogP contribution >= 0.6 is 0 Å². The summed E-state index contributed by atoms with van der Waals surface area (Å²) in [5.74, 6) is -0.0245. The lowest BCUT2D eigenvalue weighted by molar-refractivity contribution is -0.154. The molecule has 3 fully saturated rings. The zero-order valence-electron chi connectivity index (χ0n) is 12.8. The van der Waals surface area contributed by atoms with E-state index in [2.05, 4.69) is 28.8 Å². The lowest BCUT2D eigenvalue weighted by atomic mass is 10.0. The maximum Gasteiger partial charge on any atom is 0.320 e. The minimum Gasteiger partial charge on any atom is -0.461 e. The zero-order valence-corrected chi connectivity index (χ0v) is 12.8. The van der Waals surface area contributed by atoms with Gasteiger partial charge in [-0.25, -0.2) is 0 Å². The smallest absolute Gasteiger partial charge is 0.320 e. The van der Waals surface area contributed by atoms with Crippen LogP contribution in [0.2, 0.25) is 0 Å². The third-order valence-corrected chi connectivity index (χ3v) is 5.30. The Morgan fingerprint density at radius 2 is 1.65 bits per heavy atom. The lowest BCUT2D eigenvalue weighted by Gasteiger charge is -2.36. The van der Waals surface area contributed by atoms with E-state index < -0.39 is 0 Å². The molecule has 3 aliphatic rings. The quantitative estimate of drug-likeness (QED) is 0.700. The molecule has 0 spiro atoms. The van der Waals surface area contributed by atoms with Crippen LogP contribution in [-0.2, 0) is 9.53 Å². The van der Waals surface area contributed by atoms with Crippen LogP contribution in [0.25, 0.3) is 0 Å². The van der Waals surface area contributed by atoms with E-state index in [0.29, 0.717) is 18.6 Å². The van der Waals surface area contributed by atoms with Crippen molar-refractivity contribution in [1.29, 1.82) is 0 Å². The number of esters is 1. The van der Waals surface area contributed by atoms with E-state index in [4.69, 9.17) is 4.74 Å². The first-order valence-electron chi connectivity index (χ1n) is 7.94. The molecule has 3 rings (SSSR count). The highest BCUT2D eigenvalue weighted by Gasteiger charge is 2.39. The average Bonchev–Trinajstić information content (AvgIpc) is 2.64. The molecule has 3 saturated heterocycles. The Bertz CT molecular complexity index is 341. The number of piperazine rings is 1. The molecule has 2 bridgehead atoms. The molecule has 0 aromatic carbocycles.